The van der Waals surface area contributed by atoms with Gasteiger partial charge in [-0.25, -0.2) is 4.98 Å². The number of rotatable bonds is 7. The van der Waals surface area contributed by atoms with Gasteiger partial charge in [-0.1, -0.05) is 49.1 Å². The quantitative estimate of drug-likeness (QED) is 0.568. The molecule has 0 aliphatic carbocycles. The molecule has 0 radical (unpaired) electrons. The summed E-state index contributed by atoms with van der Waals surface area (Å²) in [6.07, 6.45) is 0. The second kappa shape index (κ2) is 7.65. The molecule has 134 valence electrons. The number of para-hydroxylation sites is 2. The van der Waals surface area contributed by atoms with Crippen LogP contribution in [-0.4, -0.2) is 26.3 Å². The van der Waals surface area contributed by atoms with Gasteiger partial charge < -0.3 is 5.32 Å². The van der Waals surface area contributed by atoms with Crippen LogP contribution in [0.1, 0.15) is 38.4 Å². The molecule has 0 spiro atoms. The fourth-order valence-electron chi connectivity index (χ4n) is 2.38. The third-order valence-electron chi connectivity index (χ3n) is 3.53. The second-order valence-electron chi connectivity index (χ2n) is 6.01. The molecular weight excluding hydrogens is 364 g/mol. The number of halogens is 2. The minimum Gasteiger partial charge on any atom is -0.360 e. The molecule has 0 fully saturated rings. The van der Waals surface area contributed by atoms with Crippen molar-refractivity contribution in [2.75, 3.05) is 11.9 Å². The molecule has 2 heterocycles. The Morgan fingerprint density at radius 2 is 1.96 bits per heavy atom. The standard InChI is InChI=1S/C16H19F2N5S2/c1-9(2)8-19-15-21-22-16(25-15)24-10(3)13-20-11-6-4-5-7-12(11)23(13)14(17)18/h4-7,9-10,14H,8H2,1-3H3,(H,19,21). The summed E-state index contributed by atoms with van der Waals surface area (Å²) in [5.41, 5.74) is 1.01. The van der Waals surface area contributed by atoms with Crippen LogP contribution in [0.5, 0.6) is 0 Å². The fourth-order valence-corrected chi connectivity index (χ4v) is 4.39. The zero-order chi connectivity index (χ0) is 18.0. The number of alkyl halides is 2. The van der Waals surface area contributed by atoms with Crippen molar-refractivity contribution >= 4 is 39.3 Å². The Morgan fingerprint density at radius 3 is 2.68 bits per heavy atom. The Labute approximate surface area is 152 Å². The van der Waals surface area contributed by atoms with E-state index in [-0.39, 0.29) is 5.25 Å². The lowest BCUT2D eigenvalue weighted by Crippen LogP contribution is -2.07. The highest BCUT2D eigenvalue weighted by atomic mass is 32.2. The average Bonchev–Trinajstić information content (AvgIpc) is 3.16. The van der Waals surface area contributed by atoms with Crippen molar-refractivity contribution in [2.24, 2.45) is 5.92 Å². The lowest BCUT2D eigenvalue weighted by molar-refractivity contribution is 0.0715. The summed E-state index contributed by atoms with van der Waals surface area (Å²) in [4.78, 5) is 4.40. The van der Waals surface area contributed by atoms with Gasteiger partial charge in [0.05, 0.1) is 16.3 Å². The maximum absolute atomic E-state index is 13.5. The van der Waals surface area contributed by atoms with Gasteiger partial charge in [0.15, 0.2) is 4.34 Å². The number of anilines is 1. The molecule has 0 bridgehead atoms. The summed E-state index contributed by atoms with van der Waals surface area (Å²) in [6, 6.07) is 6.94. The van der Waals surface area contributed by atoms with E-state index in [1.807, 2.05) is 6.92 Å². The maximum Gasteiger partial charge on any atom is 0.320 e. The molecule has 0 saturated heterocycles. The minimum absolute atomic E-state index is 0.271. The number of thioether (sulfide) groups is 1. The van der Waals surface area contributed by atoms with Gasteiger partial charge in [-0.05, 0) is 25.0 Å². The highest BCUT2D eigenvalue weighted by Gasteiger charge is 2.23. The molecule has 3 rings (SSSR count). The number of nitrogens with zero attached hydrogens (tertiary/aromatic N) is 4. The molecule has 0 aliphatic heterocycles. The molecule has 1 aromatic carbocycles. The van der Waals surface area contributed by atoms with Gasteiger partial charge in [0.1, 0.15) is 5.82 Å². The van der Waals surface area contributed by atoms with E-state index in [9.17, 15) is 8.78 Å². The summed E-state index contributed by atoms with van der Waals surface area (Å²) >= 11 is 2.81. The number of hydrogen-bond acceptors (Lipinski definition) is 6. The van der Waals surface area contributed by atoms with Crippen LogP contribution in [0, 0.1) is 5.92 Å². The van der Waals surface area contributed by atoms with Gasteiger partial charge in [0.25, 0.3) is 0 Å². The van der Waals surface area contributed by atoms with Crippen LogP contribution in [0.4, 0.5) is 13.9 Å². The molecule has 1 unspecified atom stereocenters. The smallest absolute Gasteiger partial charge is 0.320 e. The van der Waals surface area contributed by atoms with Gasteiger partial charge in [0.2, 0.25) is 5.13 Å². The zero-order valence-corrected chi connectivity index (χ0v) is 15.7. The van der Waals surface area contributed by atoms with Crippen LogP contribution in [0.25, 0.3) is 11.0 Å². The number of imidazole rings is 1. The van der Waals surface area contributed by atoms with Gasteiger partial charge in [0, 0.05) is 6.54 Å². The van der Waals surface area contributed by atoms with Crippen molar-refractivity contribution in [1.82, 2.24) is 19.7 Å². The predicted molar refractivity (Wildman–Crippen MR) is 98.5 cm³/mol. The van der Waals surface area contributed by atoms with Crippen LogP contribution in [-0.2, 0) is 0 Å². The fraction of sp³-hybridized carbons (Fsp3) is 0.438. The van der Waals surface area contributed by atoms with E-state index in [0.29, 0.717) is 22.8 Å². The van der Waals surface area contributed by atoms with Gasteiger partial charge in [-0.3, -0.25) is 4.57 Å². The van der Waals surface area contributed by atoms with Gasteiger partial charge >= 0.3 is 6.55 Å². The van der Waals surface area contributed by atoms with E-state index in [1.165, 1.54) is 23.1 Å². The molecule has 1 N–H and O–H groups in total. The van der Waals surface area contributed by atoms with E-state index in [1.54, 1.807) is 24.3 Å². The van der Waals surface area contributed by atoms with Crippen molar-refractivity contribution < 1.29 is 8.78 Å². The lowest BCUT2D eigenvalue weighted by atomic mass is 10.2. The number of hydrogen-bond donors (Lipinski definition) is 1. The van der Waals surface area contributed by atoms with E-state index >= 15 is 0 Å². The van der Waals surface area contributed by atoms with Crippen LogP contribution < -0.4 is 5.32 Å². The van der Waals surface area contributed by atoms with Gasteiger partial charge in [-0.15, -0.1) is 10.2 Å². The molecule has 5 nitrogen and oxygen atoms in total. The molecule has 0 amide bonds. The summed E-state index contributed by atoms with van der Waals surface area (Å²) < 4.78 is 28.8. The average molecular weight is 383 g/mol. The third-order valence-corrected chi connectivity index (χ3v) is 5.59. The monoisotopic (exact) mass is 383 g/mol. The van der Waals surface area contributed by atoms with Crippen molar-refractivity contribution in [3.8, 4) is 0 Å². The Balaban J connectivity index is 1.80. The Kier molecular flexibility index (Phi) is 5.53. The molecule has 2 aromatic heterocycles. The van der Waals surface area contributed by atoms with E-state index in [4.69, 9.17) is 0 Å². The summed E-state index contributed by atoms with van der Waals surface area (Å²) in [7, 11) is 0. The second-order valence-corrected chi connectivity index (χ2v) is 8.58. The highest BCUT2D eigenvalue weighted by molar-refractivity contribution is 8.01. The Morgan fingerprint density at radius 1 is 1.20 bits per heavy atom. The van der Waals surface area contributed by atoms with E-state index in [2.05, 4.69) is 34.3 Å². The maximum atomic E-state index is 13.5. The predicted octanol–water partition coefficient (Wildman–Crippen LogP) is 5.20. The molecule has 25 heavy (non-hydrogen) atoms. The number of nitrogens with one attached hydrogen (secondary N) is 1. The molecule has 0 saturated carbocycles. The topological polar surface area (TPSA) is 55.6 Å². The number of fused-ring (bicyclic) bond motifs is 1. The zero-order valence-electron chi connectivity index (χ0n) is 14.1. The Hall–Kier alpha value is -1.74. The largest absolute Gasteiger partial charge is 0.360 e. The van der Waals surface area contributed by atoms with Crippen molar-refractivity contribution in [3.05, 3.63) is 30.1 Å². The van der Waals surface area contributed by atoms with E-state index < -0.39 is 6.55 Å². The van der Waals surface area contributed by atoms with Crippen LogP contribution >= 0.6 is 23.1 Å². The lowest BCUT2D eigenvalue weighted by Gasteiger charge is -2.12. The molecule has 0 aliphatic rings. The van der Waals surface area contributed by atoms with Crippen molar-refractivity contribution in [3.63, 3.8) is 0 Å². The van der Waals surface area contributed by atoms with Gasteiger partial charge in [-0.2, -0.15) is 8.78 Å². The first-order chi connectivity index (χ1) is 12.0. The SMILES string of the molecule is CC(C)CNc1nnc(SC(C)c2nc3ccccc3n2C(F)F)s1. The summed E-state index contributed by atoms with van der Waals surface area (Å²) in [5.74, 6) is 0.845. The van der Waals surface area contributed by atoms with Crippen molar-refractivity contribution in [2.45, 2.75) is 36.9 Å². The van der Waals surface area contributed by atoms with Crippen LogP contribution in [0.15, 0.2) is 28.6 Å². The third kappa shape index (κ3) is 4.09. The first kappa shape index (κ1) is 18.1. The summed E-state index contributed by atoms with van der Waals surface area (Å²) in [6.45, 7) is 4.26. The number of aromatic nitrogens is 4. The Bertz CT molecular complexity index is 846. The highest BCUT2D eigenvalue weighted by Crippen LogP contribution is 2.39. The normalized spacial score (nSPS) is 13.1. The minimum atomic E-state index is -2.64. The molecule has 3 aromatic rings. The van der Waals surface area contributed by atoms with Crippen LogP contribution in [0.3, 0.4) is 0 Å². The van der Waals surface area contributed by atoms with E-state index in [0.717, 1.165) is 20.6 Å². The first-order valence-corrected chi connectivity index (χ1v) is 9.64. The summed E-state index contributed by atoms with van der Waals surface area (Å²) in [5, 5.41) is 11.9. The first-order valence-electron chi connectivity index (χ1n) is 7.94. The number of benzene rings is 1. The molecule has 1 atom stereocenters. The molecule has 9 heteroatoms. The van der Waals surface area contributed by atoms with Crippen LogP contribution in [0.2, 0.25) is 0 Å². The van der Waals surface area contributed by atoms with Crippen molar-refractivity contribution in [1.29, 1.82) is 0 Å². The molecular formula is C16H19F2N5S2.